The lowest BCUT2D eigenvalue weighted by atomic mass is 10.2. The Morgan fingerprint density at radius 1 is 1.50 bits per heavy atom. The molecule has 96 valence electrons. The number of rotatable bonds is 5. The van der Waals surface area contributed by atoms with E-state index in [2.05, 4.69) is 37.8 Å². The molecule has 0 radical (unpaired) electrons. The van der Waals surface area contributed by atoms with E-state index < -0.39 is 0 Å². The Morgan fingerprint density at radius 2 is 2.28 bits per heavy atom. The van der Waals surface area contributed by atoms with Gasteiger partial charge in [0.15, 0.2) is 5.78 Å². The highest BCUT2D eigenvalue weighted by Gasteiger charge is 2.14. The van der Waals surface area contributed by atoms with E-state index in [0.29, 0.717) is 0 Å². The molecule has 0 spiro atoms. The minimum absolute atomic E-state index is 0.0719. The third kappa shape index (κ3) is 3.18. The molecule has 0 unspecified atom stereocenters. The SMILES string of the molecule is CC(=O)c1c(C)nsc1NCCc1ccc(Br)s1. The zero-order valence-electron chi connectivity index (χ0n) is 10.1. The maximum atomic E-state index is 11.5. The van der Waals surface area contributed by atoms with E-state index >= 15 is 0 Å². The monoisotopic (exact) mass is 344 g/mol. The standard InChI is InChI=1S/C12H13BrN2OS2/c1-7-11(8(2)16)12(18-15-7)14-6-5-9-3-4-10(13)17-9/h3-4,14H,5-6H2,1-2H3. The highest BCUT2D eigenvalue weighted by Crippen LogP contribution is 2.26. The summed E-state index contributed by atoms with van der Waals surface area (Å²) in [6.45, 7) is 4.27. The number of halogens is 1. The van der Waals surface area contributed by atoms with Crippen LogP contribution in [0, 0.1) is 6.92 Å². The van der Waals surface area contributed by atoms with Crippen molar-refractivity contribution in [3.63, 3.8) is 0 Å². The molecule has 0 fully saturated rings. The lowest BCUT2D eigenvalue weighted by Gasteiger charge is -2.04. The lowest BCUT2D eigenvalue weighted by molar-refractivity contribution is 0.101. The zero-order valence-corrected chi connectivity index (χ0v) is 13.3. The average Bonchev–Trinajstić information content (AvgIpc) is 2.86. The van der Waals surface area contributed by atoms with E-state index in [-0.39, 0.29) is 5.78 Å². The summed E-state index contributed by atoms with van der Waals surface area (Å²) in [6, 6.07) is 4.16. The number of carbonyl (C=O) groups is 1. The number of anilines is 1. The normalized spacial score (nSPS) is 10.6. The topological polar surface area (TPSA) is 42.0 Å². The van der Waals surface area contributed by atoms with Crippen LogP contribution in [0.25, 0.3) is 0 Å². The van der Waals surface area contributed by atoms with Crippen molar-refractivity contribution in [1.29, 1.82) is 0 Å². The Labute approximate surface area is 123 Å². The summed E-state index contributed by atoms with van der Waals surface area (Å²) in [4.78, 5) is 12.8. The Morgan fingerprint density at radius 3 is 2.89 bits per heavy atom. The number of hydrogen-bond donors (Lipinski definition) is 1. The van der Waals surface area contributed by atoms with Crippen molar-refractivity contribution in [1.82, 2.24) is 4.37 Å². The molecule has 2 aromatic heterocycles. The average molecular weight is 345 g/mol. The van der Waals surface area contributed by atoms with E-state index in [1.54, 1.807) is 18.3 Å². The second-order valence-corrected chi connectivity index (χ2v) is 7.23. The summed E-state index contributed by atoms with van der Waals surface area (Å²) in [5.41, 5.74) is 1.54. The molecule has 2 rings (SSSR count). The van der Waals surface area contributed by atoms with Gasteiger partial charge in [0.05, 0.1) is 15.0 Å². The first kappa shape index (κ1) is 13.7. The molecule has 0 bridgehead atoms. The van der Waals surface area contributed by atoms with Gasteiger partial charge >= 0.3 is 0 Å². The van der Waals surface area contributed by atoms with Gasteiger partial charge in [-0.05, 0) is 59.9 Å². The number of aryl methyl sites for hydroxylation is 1. The van der Waals surface area contributed by atoms with Crippen LogP contribution in [0.3, 0.4) is 0 Å². The van der Waals surface area contributed by atoms with Crippen LogP contribution in [-0.2, 0) is 6.42 Å². The number of nitrogens with zero attached hydrogens (tertiary/aromatic N) is 1. The fourth-order valence-corrected chi connectivity index (χ4v) is 4.04. The highest BCUT2D eigenvalue weighted by atomic mass is 79.9. The third-order valence-electron chi connectivity index (χ3n) is 2.50. The lowest BCUT2D eigenvalue weighted by Crippen LogP contribution is -2.06. The van der Waals surface area contributed by atoms with E-state index in [1.807, 2.05) is 6.92 Å². The molecule has 1 N–H and O–H groups in total. The molecule has 18 heavy (non-hydrogen) atoms. The number of Topliss-reactive ketones (excluding diaryl/α,β-unsaturated/α-hetero) is 1. The number of thiophene rings is 1. The molecule has 0 atom stereocenters. The molecule has 0 aliphatic heterocycles. The quantitative estimate of drug-likeness (QED) is 0.829. The Hall–Kier alpha value is -0.720. The van der Waals surface area contributed by atoms with Crippen LogP contribution in [0.15, 0.2) is 15.9 Å². The summed E-state index contributed by atoms with van der Waals surface area (Å²) >= 11 is 6.54. The van der Waals surface area contributed by atoms with Crippen LogP contribution in [-0.4, -0.2) is 16.7 Å². The summed E-state index contributed by atoms with van der Waals surface area (Å²) in [5, 5.41) is 4.18. The molecule has 3 nitrogen and oxygen atoms in total. The van der Waals surface area contributed by atoms with Crippen molar-refractivity contribution in [2.75, 3.05) is 11.9 Å². The summed E-state index contributed by atoms with van der Waals surface area (Å²) in [6.07, 6.45) is 0.949. The van der Waals surface area contributed by atoms with Crippen molar-refractivity contribution in [3.05, 3.63) is 32.1 Å². The van der Waals surface area contributed by atoms with Gasteiger partial charge < -0.3 is 5.32 Å². The van der Waals surface area contributed by atoms with Gasteiger partial charge in [0.25, 0.3) is 0 Å². The van der Waals surface area contributed by atoms with Crippen molar-refractivity contribution in [3.8, 4) is 0 Å². The number of nitrogens with one attached hydrogen (secondary N) is 1. The second-order valence-electron chi connectivity index (χ2n) is 3.91. The third-order valence-corrected chi connectivity index (χ3v) is 5.08. The number of ketones is 1. The minimum Gasteiger partial charge on any atom is -0.375 e. The molecule has 0 saturated carbocycles. The minimum atomic E-state index is 0.0719. The van der Waals surface area contributed by atoms with Gasteiger partial charge in [-0.2, -0.15) is 4.37 Å². The van der Waals surface area contributed by atoms with Gasteiger partial charge in [-0.3, -0.25) is 4.79 Å². The first-order chi connectivity index (χ1) is 8.58. The molecule has 6 heteroatoms. The zero-order chi connectivity index (χ0) is 13.1. The number of hydrogen-bond acceptors (Lipinski definition) is 5. The molecule has 2 heterocycles. The van der Waals surface area contributed by atoms with Crippen LogP contribution < -0.4 is 5.32 Å². The predicted octanol–water partition coefficient (Wildman–Crippen LogP) is 4.13. The smallest absolute Gasteiger partial charge is 0.164 e. The molecule has 0 amide bonds. The van der Waals surface area contributed by atoms with Gasteiger partial charge in [-0.25, -0.2) is 0 Å². The van der Waals surface area contributed by atoms with E-state index in [0.717, 1.165) is 33.0 Å². The van der Waals surface area contributed by atoms with Gasteiger partial charge in [0.2, 0.25) is 0 Å². The molecule has 0 aliphatic rings. The molecule has 0 aliphatic carbocycles. The van der Waals surface area contributed by atoms with E-state index in [4.69, 9.17) is 0 Å². The molecular weight excluding hydrogens is 332 g/mol. The Kier molecular flexibility index (Phi) is 4.53. The fraction of sp³-hybridized carbons (Fsp3) is 0.333. The van der Waals surface area contributed by atoms with Crippen LogP contribution >= 0.6 is 38.8 Å². The van der Waals surface area contributed by atoms with Crippen LogP contribution in [0.2, 0.25) is 0 Å². The van der Waals surface area contributed by atoms with Crippen LogP contribution in [0.4, 0.5) is 5.00 Å². The fourth-order valence-electron chi connectivity index (χ4n) is 1.69. The van der Waals surface area contributed by atoms with Crippen LogP contribution in [0.5, 0.6) is 0 Å². The van der Waals surface area contributed by atoms with Crippen LogP contribution in [0.1, 0.15) is 27.9 Å². The van der Waals surface area contributed by atoms with Gasteiger partial charge in [0.1, 0.15) is 5.00 Å². The van der Waals surface area contributed by atoms with Crippen molar-refractivity contribution >= 4 is 49.6 Å². The van der Waals surface area contributed by atoms with Gasteiger partial charge in [-0.15, -0.1) is 11.3 Å². The van der Waals surface area contributed by atoms with Gasteiger partial charge in [-0.1, -0.05) is 0 Å². The predicted molar refractivity (Wildman–Crippen MR) is 81.1 cm³/mol. The summed E-state index contributed by atoms with van der Waals surface area (Å²) in [5.74, 6) is 0.0719. The molecule has 2 aromatic rings. The highest BCUT2D eigenvalue weighted by molar-refractivity contribution is 9.11. The maximum absolute atomic E-state index is 11.5. The Bertz CT molecular complexity index is 562. The first-order valence-corrected chi connectivity index (χ1v) is 7.91. The number of carbonyl (C=O) groups excluding carboxylic acids is 1. The first-order valence-electron chi connectivity index (χ1n) is 5.53. The van der Waals surface area contributed by atoms with Gasteiger partial charge in [0, 0.05) is 11.4 Å². The molecule has 0 aromatic carbocycles. The summed E-state index contributed by atoms with van der Waals surface area (Å²) < 4.78 is 5.37. The van der Waals surface area contributed by atoms with Crippen molar-refractivity contribution in [2.24, 2.45) is 0 Å². The Balaban J connectivity index is 1.96. The number of aromatic nitrogens is 1. The molecule has 0 saturated heterocycles. The second kappa shape index (κ2) is 5.95. The van der Waals surface area contributed by atoms with Crippen molar-refractivity contribution < 1.29 is 4.79 Å². The maximum Gasteiger partial charge on any atom is 0.164 e. The van der Waals surface area contributed by atoms with E-state index in [1.165, 1.54) is 16.4 Å². The van der Waals surface area contributed by atoms with E-state index in [9.17, 15) is 4.79 Å². The van der Waals surface area contributed by atoms with Crippen molar-refractivity contribution in [2.45, 2.75) is 20.3 Å². The largest absolute Gasteiger partial charge is 0.375 e. The summed E-state index contributed by atoms with van der Waals surface area (Å²) in [7, 11) is 0. The molecular formula is C12H13BrN2OS2.